The van der Waals surface area contributed by atoms with Gasteiger partial charge in [0.05, 0.1) is 0 Å². The number of hydrogen-bond donors (Lipinski definition) is 4. The molecule has 1 aromatic heterocycles. The number of hydrogen-bond acceptors (Lipinski definition) is 3. The Labute approximate surface area is 75.7 Å². The number of rotatable bonds is 3. The minimum Gasteiger partial charge on any atom is -0.361 e. The highest BCUT2D eigenvalue weighted by Gasteiger charge is 1.94. The van der Waals surface area contributed by atoms with Gasteiger partial charge in [0.1, 0.15) is 5.82 Å². The Morgan fingerprint density at radius 1 is 1.75 bits per heavy atom. The largest absolute Gasteiger partial charge is 0.361 e. The van der Waals surface area contributed by atoms with Crippen LogP contribution < -0.4 is 16.6 Å². The molecule has 0 atom stereocenters. The van der Waals surface area contributed by atoms with Crippen LogP contribution >= 0.6 is 12.2 Å². The Kier molecular flexibility index (Phi) is 3.49. The maximum absolute atomic E-state index is 5.05. The fourth-order valence-corrected chi connectivity index (χ4v) is 0.882. The number of aromatic nitrogens is 2. The van der Waals surface area contributed by atoms with E-state index in [4.69, 9.17) is 18.1 Å². The molecule has 0 aliphatic rings. The molecule has 5 N–H and O–H groups in total. The Hall–Kier alpha value is -1.14. The number of aromatic amines is 1. The summed E-state index contributed by atoms with van der Waals surface area (Å²) in [4.78, 5) is 7.03. The summed E-state index contributed by atoms with van der Waals surface area (Å²) in [6.45, 7) is 0.719. The molecule has 66 valence electrons. The van der Waals surface area contributed by atoms with Crippen molar-refractivity contribution in [2.45, 2.75) is 6.42 Å². The topological polar surface area (TPSA) is 78.8 Å². The zero-order chi connectivity index (χ0) is 8.81. The first-order chi connectivity index (χ1) is 5.83. The Morgan fingerprint density at radius 2 is 2.58 bits per heavy atom. The lowest BCUT2D eigenvalue weighted by Gasteiger charge is -2.04. The summed E-state index contributed by atoms with van der Waals surface area (Å²) in [5.41, 5.74) is 2.33. The van der Waals surface area contributed by atoms with Crippen LogP contribution in [0.3, 0.4) is 0 Å². The molecule has 0 spiro atoms. The van der Waals surface area contributed by atoms with Gasteiger partial charge in [-0.2, -0.15) is 0 Å². The highest BCUT2D eigenvalue weighted by Crippen LogP contribution is 1.87. The highest BCUT2D eigenvalue weighted by molar-refractivity contribution is 7.80. The van der Waals surface area contributed by atoms with Crippen molar-refractivity contribution in [1.82, 2.24) is 20.7 Å². The zero-order valence-corrected chi connectivity index (χ0v) is 7.32. The third-order valence-corrected chi connectivity index (χ3v) is 1.60. The first kappa shape index (κ1) is 8.95. The molecule has 0 fully saturated rings. The van der Waals surface area contributed by atoms with Crippen molar-refractivity contribution in [3.8, 4) is 0 Å². The Bertz CT molecular complexity index is 232. The number of nitrogens with zero attached hydrogens (tertiary/aromatic N) is 1. The summed E-state index contributed by atoms with van der Waals surface area (Å²) < 4.78 is 0. The number of thiocarbonyl (C=S) groups is 1. The van der Waals surface area contributed by atoms with Crippen molar-refractivity contribution < 1.29 is 0 Å². The van der Waals surface area contributed by atoms with Crippen LogP contribution in [0, 0.1) is 0 Å². The minimum atomic E-state index is 0.446. The molecule has 6 heteroatoms. The highest BCUT2D eigenvalue weighted by atomic mass is 32.1. The van der Waals surface area contributed by atoms with E-state index >= 15 is 0 Å². The minimum absolute atomic E-state index is 0.446. The van der Waals surface area contributed by atoms with Crippen LogP contribution in [-0.4, -0.2) is 21.6 Å². The molecule has 0 unspecified atom stereocenters. The van der Waals surface area contributed by atoms with Gasteiger partial charge in [-0.3, -0.25) is 0 Å². The van der Waals surface area contributed by atoms with Gasteiger partial charge < -0.3 is 15.7 Å². The summed E-state index contributed by atoms with van der Waals surface area (Å²) >= 11 is 4.77. The lowest BCUT2D eigenvalue weighted by molar-refractivity contribution is 0.804. The van der Waals surface area contributed by atoms with E-state index in [1.54, 1.807) is 12.4 Å². The van der Waals surface area contributed by atoms with Gasteiger partial charge >= 0.3 is 0 Å². The second-order valence-corrected chi connectivity index (χ2v) is 2.59. The van der Waals surface area contributed by atoms with E-state index in [9.17, 15) is 0 Å². The predicted octanol–water partition coefficient (Wildman–Crippen LogP) is -0.710. The number of nitrogens with two attached hydrogens (primary N) is 1. The molecule has 0 aliphatic heterocycles. The van der Waals surface area contributed by atoms with Crippen LogP contribution in [-0.2, 0) is 6.42 Å². The van der Waals surface area contributed by atoms with Crippen molar-refractivity contribution in [3.05, 3.63) is 18.2 Å². The predicted molar refractivity (Wildman–Crippen MR) is 50.2 cm³/mol. The van der Waals surface area contributed by atoms with Crippen LogP contribution in [0.2, 0.25) is 0 Å². The second kappa shape index (κ2) is 4.68. The van der Waals surface area contributed by atoms with Gasteiger partial charge in [0.15, 0.2) is 5.11 Å². The summed E-state index contributed by atoms with van der Waals surface area (Å²) in [5, 5.41) is 3.35. The van der Waals surface area contributed by atoms with Crippen LogP contribution in [0.25, 0.3) is 0 Å². The van der Waals surface area contributed by atoms with E-state index in [0.29, 0.717) is 5.11 Å². The fourth-order valence-electron chi connectivity index (χ4n) is 0.780. The van der Waals surface area contributed by atoms with E-state index in [-0.39, 0.29) is 0 Å². The van der Waals surface area contributed by atoms with Gasteiger partial charge in [-0.1, -0.05) is 0 Å². The molecule has 5 nitrogen and oxygen atoms in total. The molecule has 0 radical (unpaired) electrons. The molecule has 0 aromatic carbocycles. The number of nitrogens with one attached hydrogen (secondary N) is 3. The summed E-state index contributed by atoms with van der Waals surface area (Å²) in [5.74, 6) is 5.99. The smallest absolute Gasteiger partial charge is 0.180 e. The lowest BCUT2D eigenvalue weighted by Crippen LogP contribution is -2.40. The van der Waals surface area contributed by atoms with Crippen molar-refractivity contribution in [2.75, 3.05) is 6.54 Å². The normalized spacial score (nSPS) is 9.42. The summed E-state index contributed by atoms with van der Waals surface area (Å²) in [7, 11) is 0. The van der Waals surface area contributed by atoms with Gasteiger partial charge in [0.25, 0.3) is 0 Å². The lowest BCUT2D eigenvalue weighted by atomic mass is 10.4. The monoisotopic (exact) mass is 185 g/mol. The standard InChI is InChI=1S/C6H11N5S/c7-11-6(12)10-2-1-5-8-3-4-9-5/h3-4H,1-2,7H2,(H,8,9)(H2,10,11,12). The third kappa shape index (κ3) is 2.85. The quantitative estimate of drug-likeness (QED) is 0.284. The van der Waals surface area contributed by atoms with E-state index < -0.39 is 0 Å². The van der Waals surface area contributed by atoms with Crippen LogP contribution in [0.5, 0.6) is 0 Å². The summed E-state index contributed by atoms with van der Waals surface area (Å²) in [6, 6.07) is 0. The fraction of sp³-hybridized carbons (Fsp3) is 0.333. The van der Waals surface area contributed by atoms with E-state index in [1.165, 1.54) is 0 Å². The average Bonchev–Trinajstić information content (AvgIpc) is 2.57. The molecule has 1 aromatic rings. The van der Waals surface area contributed by atoms with Crippen molar-refractivity contribution in [1.29, 1.82) is 0 Å². The van der Waals surface area contributed by atoms with Crippen LogP contribution in [0.15, 0.2) is 12.4 Å². The Morgan fingerprint density at radius 3 is 3.17 bits per heavy atom. The summed E-state index contributed by atoms with van der Waals surface area (Å²) in [6.07, 6.45) is 4.30. The van der Waals surface area contributed by atoms with Gasteiger partial charge in [0, 0.05) is 25.4 Å². The molecule has 1 heterocycles. The van der Waals surface area contributed by atoms with Crippen LogP contribution in [0.4, 0.5) is 0 Å². The molecule has 0 aliphatic carbocycles. The van der Waals surface area contributed by atoms with Crippen molar-refractivity contribution >= 4 is 17.3 Å². The van der Waals surface area contributed by atoms with Gasteiger partial charge in [-0.25, -0.2) is 10.8 Å². The molecular formula is C6H11N5S. The first-order valence-corrected chi connectivity index (χ1v) is 3.96. The number of H-pyrrole nitrogens is 1. The second-order valence-electron chi connectivity index (χ2n) is 2.19. The molecular weight excluding hydrogens is 174 g/mol. The van der Waals surface area contributed by atoms with Gasteiger partial charge in [-0.15, -0.1) is 0 Å². The van der Waals surface area contributed by atoms with Crippen molar-refractivity contribution in [3.63, 3.8) is 0 Å². The maximum Gasteiger partial charge on any atom is 0.180 e. The van der Waals surface area contributed by atoms with E-state index in [0.717, 1.165) is 18.8 Å². The first-order valence-electron chi connectivity index (χ1n) is 3.55. The molecule has 0 saturated carbocycles. The van der Waals surface area contributed by atoms with Gasteiger partial charge in [-0.05, 0) is 12.2 Å². The molecule has 0 saturated heterocycles. The number of hydrazine groups is 1. The van der Waals surface area contributed by atoms with E-state index in [1.807, 2.05) is 0 Å². The third-order valence-electron chi connectivity index (χ3n) is 1.33. The maximum atomic E-state index is 5.05. The average molecular weight is 185 g/mol. The van der Waals surface area contributed by atoms with Crippen molar-refractivity contribution in [2.24, 2.45) is 5.84 Å². The molecule has 0 bridgehead atoms. The van der Waals surface area contributed by atoms with E-state index in [2.05, 4.69) is 20.7 Å². The zero-order valence-electron chi connectivity index (χ0n) is 6.50. The number of imidazole rings is 1. The molecule has 12 heavy (non-hydrogen) atoms. The Balaban J connectivity index is 2.15. The SMILES string of the molecule is NNC(=S)NCCc1ncc[nH]1. The van der Waals surface area contributed by atoms with Crippen LogP contribution in [0.1, 0.15) is 5.82 Å². The van der Waals surface area contributed by atoms with Gasteiger partial charge in [0.2, 0.25) is 0 Å². The molecule has 0 amide bonds. The molecule has 1 rings (SSSR count).